The van der Waals surface area contributed by atoms with E-state index in [0.717, 1.165) is 10.9 Å². The maximum atomic E-state index is 12.9. The molecule has 2 heterocycles. The summed E-state index contributed by atoms with van der Waals surface area (Å²) >= 11 is 0. The third-order valence-corrected chi connectivity index (χ3v) is 5.91. The molecule has 9 heteroatoms. The van der Waals surface area contributed by atoms with Gasteiger partial charge >= 0.3 is 6.03 Å². The average Bonchev–Trinajstić information content (AvgIpc) is 3.26. The number of carbonyl (C=O) groups is 1. The molecule has 0 aliphatic heterocycles. The number of amides is 2. The Labute approximate surface area is 179 Å². The minimum Gasteiger partial charge on any atom is -0.467 e. The average molecular weight is 436 g/mol. The van der Waals surface area contributed by atoms with Crippen molar-refractivity contribution in [2.45, 2.75) is 18.4 Å². The number of hydrogen-bond acceptors (Lipinski definition) is 5. The number of rotatable bonds is 6. The van der Waals surface area contributed by atoms with Crippen molar-refractivity contribution in [3.8, 4) is 0 Å². The number of benzene rings is 2. The second-order valence-corrected chi connectivity index (χ2v) is 8.56. The monoisotopic (exact) mass is 436 g/mol. The van der Waals surface area contributed by atoms with Crippen molar-refractivity contribution in [2.24, 2.45) is 0 Å². The predicted molar refractivity (Wildman–Crippen MR) is 118 cm³/mol. The van der Waals surface area contributed by atoms with Gasteiger partial charge in [0.25, 0.3) is 10.0 Å². The lowest BCUT2D eigenvalue weighted by Gasteiger charge is -2.11. The van der Waals surface area contributed by atoms with Crippen molar-refractivity contribution in [3.05, 3.63) is 84.4 Å². The molecular weight excluding hydrogens is 416 g/mol. The van der Waals surface area contributed by atoms with Gasteiger partial charge in [-0.25, -0.2) is 13.2 Å². The van der Waals surface area contributed by atoms with E-state index in [-0.39, 0.29) is 11.4 Å². The van der Waals surface area contributed by atoms with Gasteiger partial charge in [-0.2, -0.15) is 0 Å². The van der Waals surface area contributed by atoms with Crippen LogP contribution >= 0.6 is 0 Å². The highest BCUT2D eigenvalue weighted by molar-refractivity contribution is 7.93. The molecule has 0 unspecified atom stereocenters. The lowest BCUT2D eigenvalue weighted by Crippen LogP contribution is -2.27. The maximum Gasteiger partial charge on any atom is 0.319 e. The van der Waals surface area contributed by atoms with Gasteiger partial charge in [-0.15, -0.1) is 0 Å². The molecule has 2 amide bonds. The van der Waals surface area contributed by atoms with Crippen molar-refractivity contribution in [1.29, 1.82) is 0 Å². The van der Waals surface area contributed by atoms with Gasteiger partial charge in [-0.05, 0) is 61.0 Å². The van der Waals surface area contributed by atoms with Crippen molar-refractivity contribution in [2.75, 3.05) is 10.0 Å². The topological polar surface area (TPSA) is 113 Å². The zero-order valence-electron chi connectivity index (χ0n) is 16.6. The molecule has 4 aromatic rings. The fourth-order valence-electron chi connectivity index (χ4n) is 3.05. The van der Waals surface area contributed by atoms with Gasteiger partial charge in [-0.3, -0.25) is 9.71 Å². The van der Waals surface area contributed by atoms with Gasteiger partial charge in [0.15, 0.2) is 0 Å². The highest BCUT2D eigenvalue weighted by Gasteiger charge is 2.18. The Hall–Kier alpha value is -3.85. The molecule has 3 N–H and O–H groups in total. The van der Waals surface area contributed by atoms with Gasteiger partial charge in [0.05, 0.1) is 18.3 Å². The fraction of sp³-hybridized carbons (Fsp3) is 0.0909. The largest absolute Gasteiger partial charge is 0.467 e. The summed E-state index contributed by atoms with van der Waals surface area (Å²) in [5.41, 5.74) is 2.24. The van der Waals surface area contributed by atoms with Crippen LogP contribution in [0.1, 0.15) is 11.3 Å². The van der Waals surface area contributed by atoms with E-state index in [1.165, 1.54) is 12.3 Å². The number of para-hydroxylation sites is 1. The lowest BCUT2D eigenvalue weighted by atomic mass is 10.2. The van der Waals surface area contributed by atoms with E-state index >= 15 is 0 Å². The number of aryl methyl sites for hydroxylation is 1. The van der Waals surface area contributed by atoms with Crippen LogP contribution in [0.15, 0.2) is 82.4 Å². The second kappa shape index (κ2) is 8.49. The number of anilines is 2. The number of urea groups is 1. The SMILES string of the molecule is Cc1cnc2c(S(=O)(=O)Nc3ccc(NC(=O)NCc4ccco4)cc3)cccc2c1. The minimum absolute atomic E-state index is 0.101. The third-order valence-electron chi connectivity index (χ3n) is 4.50. The Kier molecular flexibility index (Phi) is 5.59. The first-order valence-electron chi connectivity index (χ1n) is 9.46. The zero-order valence-corrected chi connectivity index (χ0v) is 17.4. The Balaban J connectivity index is 1.44. The molecule has 4 rings (SSSR count). The van der Waals surface area contributed by atoms with Gasteiger partial charge < -0.3 is 15.1 Å². The standard InChI is InChI=1S/C22H20N4O4S/c1-15-12-16-4-2-6-20(21(16)23-13-15)31(28,29)26-18-9-7-17(8-10-18)25-22(27)24-14-19-5-3-11-30-19/h2-13,26H,14H2,1H3,(H2,24,25,27). The number of sulfonamides is 1. The van der Waals surface area contributed by atoms with E-state index in [1.54, 1.807) is 48.7 Å². The zero-order chi connectivity index (χ0) is 21.8. The minimum atomic E-state index is -3.85. The number of pyridine rings is 1. The van der Waals surface area contributed by atoms with E-state index in [0.29, 0.717) is 22.7 Å². The summed E-state index contributed by atoms with van der Waals surface area (Å²) in [6, 6.07) is 16.4. The van der Waals surface area contributed by atoms with E-state index in [9.17, 15) is 13.2 Å². The normalized spacial score (nSPS) is 11.3. The quantitative estimate of drug-likeness (QED) is 0.418. The summed E-state index contributed by atoms with van der Waals surface area (Å²) in [6.07, 6.45) is 3.17. The number of carbonyl (C=O) groups excluding carboxylic acids is 1. The van der Waals surface area contributed by atoms with Crippen molar-refractivity contribution in [3.63, 3.8) is 0 Å². The molecule has 158 valence electrons. The Morgan fingerprint density at radius 3 is 2.55 bits per heavy atom. The first-order valence-corrected chi connectivity index (χ1v) is 10.9. The molecule has 0 radical (unpaired) electrons. The molecule has 8 nitrogen and oxygen atoms in total. The highest BCUT2D eigenvalue weighted by atomic mass is 32.2. The Bertz CT molecular complexity index is 1320. The molecule has 31 heavy (non-hydrogen) atoms. The molecule has 0 aliphatic carbocycles. The molecule has 0 spiro atoms. The number of furan rings is 1. The first-order chi connectivity index (χ1) is 14.9. The number of aromatic nitrogens is 1. The smallest absolute Gasteiger partial charge is 0.319 e. The van der Waals surface area contributed by atoms with Gasteiger partial charge in [-0.1, -0.05) is 12.1 Å². The molecule has 0 bridgehead atoms. The van der Waals surface area contributed by atoms with E-state index in [1.807, 2.05) is 19.1 Å². The molecule has 0 atom stereocenters. The van der Waals surface area contributed by atoms with Crippen LogP contribution in [0, 0.1) is 6.92 Å². The van der Waals surface area contributed by atoms with Crippen molar-refractivity contribution in [1.82, 2.24) is 10.3 Å². The molecular formula is C22H20N4O4S. The summed E-state index contributed by atoms with van der Waals surface area (Å²) in [5.74, 6) is 0.637. The van der Waals surface area contributed by atoms with E-state index < -0.39 is 16.1 Å². The molecule has 0 aliphatic rings. The maximum absolute atomic E-state index is 12.9. The fourth-order valence-corrected chi connectivity index (χ4v) is 4.29. The van der Waals surface area contributed by atoms with Crippen LogP contribution in [0.5, 0.6) is 0 Å². The van der Waals surface area contributed by atoms with Gasteiger partial charge in [0.2, 0.25) is 0 Å². The number of fused-ring (bicyclic) bond motifs is 1. The molecule has 0 saturated heterocycles. The summed E-state index contributed by atoms with van der Waals surface area (Å²) in [4.78, 5) is 16.4. The predicted octanol–water partition coefficient (Wildman–Crippen LogP) is 4.26. The van der Waals surface area contributed by atoms with E-state index in [2.05, 4.69) is 20.3 Å². The highest BCUT2D eigenvalue weighted by Crippen LogP contribution is 2.24. The van der Waals surface area contributed by atoms with Crippen LogP contribution in [0.25, 0.3) is 10.9 Å². The first kappa shape index (κ1) is 20.4. The van der Waals surface area contributed by atoms with Crippen molar-refractivity contribution >= 4 is 38.3 Å². The summed E-state index contributed by atoms with van der Waals surface area (Å²) in [7, 11) is -3.85. The van der Waals surface area contributed by atoms with E-state index in [4.69, 9.17) is 4.42 Å². The van der Waals surface area contributed by atoms with Gasteiger partial charge in [0, 0.05) is 23.0 Å². The number of hydrogen-bond donors (Lipinski definition) is 3. The summed E-state index contributed by atoms with van der Waals surface area (Å²) in [6.45, 7) is 2.16. The van der Waals surface area contributed by atoms with Crippen LogP contribution in [-0.4, -0.2) is 19.4 Å². The summed E-state index contributed by atoms with van der Waals surface area (Å²) < 4.78 is 33.6. The summed E-state index contributed by atoms with van der Waals surface area (Å²) in [5, 5.41) is 6.10. The Morgan fingerprint density at radius 1 is 1.03 bits per heavy atom. The van der Waals surface area contributed by atoms with Crippen LogP contribution in [0.3, 0.4) is 0 Å². The molecule has 2 aromatic carbocycles. The van der Waals surface area contributed by atoms with Crippen LogP contribution in [0.2, 0.25) is 0 Å². The number of nitrogens with one attached hydrogen (secondary N) is 3. The lowest BCUT2D eigenvalue weighted by molar-refractivity contribution is 0.251. The van der Waals surface area contributed by atoms with Crippen LogP contribution in [0.4, 0.5) is 16.2 Å². The number of nitrogens with zero attached hydrogens (tertiary/aromatic N) is 1. The van der Waals surface area contributed by atoms with Crippen LogP contribution in [-0.2, 0) is 16.6 Å². The van der Waals surface area contributed by atoms with Crippen molar-refractivity contribution < 1.29 is 17.6 Å². The van der Waals surface area contributed by atoms with Gasteiger partial charge in [0.1, 0.15) is 10.7 Å². The third kappa shape index (κ3) is 4.84. The molecule has 2 aromatic heterocycles. The molecule has 0 fully saturated rings. The second-order valence-electron chi connectivity index (χ2n) is 6.91. The Morgan fingerprint density at radius 2 is 1.81 bits per heavy atom. The van der Waals surface area contributed by atoms with Crippen LogP contribution < -0.4 is 15.4 Å². The molecule has 0 saturated carbocycles.